The molecule has 178 valence electrons. The normalized spacial score (nSPS) is 24.4. The van der Waals surface area contributed by atoms with Crippen LogP contribution in [0.25, 0.3) is 16.6 Å². The Morgan fingerprint density at radius 1 is 1.24 bits per heavy atom. The van der Waals surface area contributed by atoms with E-state index in [2.05, 4.69) is 27.7 Å². The van der Waals surface area contributed by atoms with Gasteiger partial charge in [-0.3, -0.25) is 4.68 Å². The van der Waals surface area contributed by atoms with Gasteiger partial charge in [0.05, 0.1) is 43.3 Å². The summed E-state index contributed by atoms with van der Waals surface area (Å²) >= 11 is 0. The van der Waals surface area contributed by atoms with Crippen molar-refractivity contribution in [3.05, 3.63) is 30.4 Å². The molecule has 1 aliphatic carbocycles. The largest absolute Gasteiger partial charge is 0.393 e. The molecule has 5 rings (SSSR count). The molecule has 1 aliphatic heterocycles. The molecule has 4 heterocycles. The average molecular weight is 455 g/mol. The Labute approximate surface area is 194 Å². The Balaban J connectivity index is 1.48. The van der Waals surface area contributed by atoms with Crippen molar-refractivity contribution in [3.8, 4) is 11.1 Å². The molecular weight excluding hydrogens is 420 g/mol. The molecule has 0 amide bonds. The van der Waals surface area contributed by atoms with Gasteiger partial charge in [0.2, 0.25) is 5.95 Å². The molecule has 2 fully saturated rings. The molecule has 0 bridgehead atoms. The highest BCUT2D eigenvalue weighted by molar-refractivity contribution is 5.81. The van der Waals surface area contributed by atoms with E-state index in [9.17, 15) is 5.11 Å². The lowest BCUT2D eigenvalue weighted by Crippen LogP contribution is -2.23. The lowest BCUT2D eigenvalue weighted by molar-refractivity contribution is 0.0940. The van der Waals surface area contributed by atoms with Gasteiger partial charge in [-0.15, -0.1) is 5.10 Å². The number of methoxy groups -OCH3 is 1. The number of hydrogen-bond acceptors (Lipinski definition) is 7. The molecule has 33 heavy (non-hydrogen) atoms. The zero-order valence-electron chi connectivity index (χ0n) is 19.5. The van der Waals surface area contributed by atoms with Gasteiger partial charge in [-0.2, -0.15) is 5.10 Å². The molecule has 1 saturated heterocycles. The predicted molar refractivity (Wildman–Crippen MR) is 125 cm³/mol. The molecule has 2 aliphatic rings. The molecule has 0 aromatic carbocycles. The SMILES string of the molecule is COC[C@H](C)Nc1ncc2c(-c3cnn(C[C@H]4CCCO4)c3)cc([C@H]3CC[C@H](O)CC3)n2n1. The standard InChI is InChI=1S/C24H34N6O3/c1-16(15-32-2)27-24-25-12-23-21(18-11-26-29(13-18)14-20-4-3-9-33-20)10-22(30(23)28-24)17-5-7-19(31)8-6-17/h10-13,16-17,19-20,31H,3-9,14-15H2,1-2H3,(H,27,28)/t16-,17-,19-,20+/m0/s1. The van der Waals surface area contributed by atoms with E-state index in [1.807, 2.05) is 28.5 Å². The van der Waals surface area contributed by atoms with Crippen molar-refractivity contribution >= 4 is 11.5 Å². The molecule has 1 saturated carbocycles. The van der Waals surface area contributed by atoms with E-state index >= 15 is 0 Å². The van der Waals surface area contributed by atoms with Crippen LogP contribution in [0, 0.1) is 0 Å². The first-order valence-electron chi connectivity index (χ1n) is 12.1. The van der Waals surface area contributed by atoms with Gasteiger partial charge in [-0.05, 0) is 51.5 Å². The molecular formula is C24H34N6O3. The van der Waals surface area contributed by atoms with Gasteiger partial charge in [0.1, 0.15) is 0 Å². The monoisotopic (exact) mass is 454 g/mol. The van der Waals surface area contributed by atoms with Gasteiger partial charge >= 0.3 is 0 Å². The first-order chi connectivity index (χ1) is 16.1. The minimum atomic E-state index is -0.190. The van der Waals surface area contributed by atoms with Gasteiger partial charge in [0.15, 0.2) is 0 Å². The van der Waals surface area contributed by atoms with Crippen LogP contribution >= 0.6 is 0 Å². The Morgan fingerprint density at radius 2 is 2.09 bits per heavy atom. The van der Waals surface area contributed by atoms with Crippen LogP contribution in [-0.4, -0.2) is 68.1 Å². The zero-order chi connectivity index (χ0) is 22.8. The number of aliphatic hydroxyl groups excluding tert-OH is 1. The van der Waals surface area contributed by atoms with E-state index in [4.69, 9.17) is 14.6 Å². The number of ether oxygens (including phenoxy) is 2. The van der Waals surface area contributed by atoms with Crippen molar-refractivity contribution in [2.24, 2.45) is 0 Å². The second-order valence-electron chi connectivity index (χ2n) is 9.45. The van der Waals surface area contributed by atoms with Crippen LogP contribution in [0.4, 0.5) is 5.95 Å². The first kappa shape index (κ1) is 22.3. The third kappa shape index (κ3) is 4.90. The van der Waals surface area contributed by atoms with Crippen molar-refractivity contribution in [2.75, 3.05) is 25.6 Å². The molecule has 2 N–H and O–H groups in total. The van der Waals surface area contributed by atoms with Crippen LogP contribution in [0.15, 0.2) is 24.7 Å². The first-order valence-corrected chi connectivity index (χ1v) is 12.1. The highest BCUT2D eigenvalue weighted by Gasteiger charge is 2.26. The average Bonchev–Trinajstić information content (AvgIpc) is 3.55. The van der Waals surface area contributed by atoms with Gasteiger partial charge in [-0.1, -0.05) is 0 Å². The van der Waals surface area contributed by atoms with Crippen LogP contribution < -0.4 is 5.32 Å². The van der Waals surface area contributed by atoms with Crippen LogP contribution in [-0.2, 0) is 16.0 Å². The number of anilines is 1. The molecule has 0 unspecified atom stereocenters. The second kappa shape index (κ2) is 9.79. The fourth-order valence-electron chi connectivity index (χ4n) is 5.09. The van der Waals surface area contributed by atoms with Gasteiger partial charge in [0, 0.05) is 48.7 Å². The minimum Gasteiger partial charge on any atom is -0.393 e. The predicted octanol–water partition coefficient (Wildman–Crippen LogP) is 3.24. The molecule has 9 heteroatoms. The van der Waals surface area contributed by atoms with Crippen molar-refractivity contribution < 1.29 is 14.6 Å². The summed E-state index contributed by atoms with van der Waals surface area (Å²) in [6, 6.07) is 2.34. The molecule has 9 nitrogen and oxygen atoms in total. The van der Waals surface area contributed by atoms with E-state index in [0.717, 1.165) is 68.3 Å². The number of rotatable bonds is 8. The third-order valence-corrected chi connectivity index (χ3v) is 6.81. The molecule has 0 spiro atoms. The fraction of sp³-hybridized carbons (Fsp3) is 0.625. The topological polar surface area (TPSA) is 98.7 Å². The molecule has 0 radical (unpaired) electrons. The van der Waals surface area contributed by atoms with Gasteiger partial charge in [-0.25, -0.2) is 9.50 Å². The Hall–Kier alpha value is -2.49. The summed E-state index contributed by atoms with van der Waals surface area (Å²) in [7, 11) is 1.69. The maximum atomic E-state index is 10.0. The summed E-state index contributed by atoms with van der Waals surface area (Å²) < 4.78 is 15.0. The zero-order valence-corrected chi connectivity index (χ0v) is 19.5. The summed E-state index contributed by atoms with van der Waals surface area (Å²) in [5, 5.41) is 22.8. The lowest BCUT2D eigenvalue weighted by Gasteiger charge is -2.25. The maximum absolute atomic E-state index is 10.0. The summed E-state index contributed by atoms with van der Waals surface area (Å²) in [6.45, 7) is 4.25. The number of nitrogens with one attached hydrogen (secondary N) is 1. The fourth-order valence-corrected chi connectivity index (χ4v) is 5.09. The summed E-state index contributed by atoms with van der Waals surface area (Å²) in [4.78, 5) is 4.59. The summed E-state index contributed by atoms with van der Waals surface area (Å²) in [5.41, 5.74) is 4.29. The van der Waals surface area contributed by atoms with E-state index in [1.54, 1.807) is 7.11 Å². The van der Waals surface area contributed by atoms with Gasteiger partial charge in [0.25, 0.3) is 0 Å². The third-order valence-electron chi connectivity index (χ3n) is 6.81. The minimum absolute atomic E-state index is 0.104. The van der Waals surface area contributed by atoms with Crippen molar-refractivity contribution in [1.82, 2.24) is 24.4 Å². The van der Waals surface area contributed by atoms with Crippen molar-refractivity contribution in [1.29, 1.82) is 0 Å². The highest BCUT2D eigenvalue weighted by atomic mass is 16.5. The van der Waals surface area contributed by atoms with Crippen molar-refractivity contribution in [2.45, 2.75) is 76.2 Å². The molecule has 3 aromatic heterocycles. The van der Waals surface area contributed by atoms with Crippen LogP contribution in [0.1, 0.15) is 57.1 Å². The van der Waals surface area contributed by atoms with Crippen LogP contribution in [0.5, 0.6) is 0 Å². The number of hydrogen-bond donors (Lipinski definition) is 2. The quantitative estimate of drug-likeness (QED) is 0.539. The van der Waals surface area contributed by atoms with Gasteiger partial charge < -0.3 is 19.9 Å². The number of aliphatic hydroxyl groups is 1. The highest BCUT2D eigenvalue weighted by Crippen LogP contribution is 2.37. The maximum Gasteiger partial charge on any atom is 0.241 e. The van der Waals surface area contributed by atoms with E-state index in [1.165, 1.54) is 5.69 Å². The Morgan fingerprint density at radius 3 is 2.85 bits per heavy atom. The Bertz CT molecular complexity index is 1070. The number of aromatic nitrogens is 5. The van der Waals surface area contributed by atoms with Crippen molar-refractivity contribution in [3.63, 3.8) is 0 Å². The van der Waals surface area contributed by atoms with E-state index in [0.29, 0.717) is 18.5 Å². The molecule has 2 atom stereocenters. The van der Waals surface area contributed by atoms with E-state index < -0.39 is 0 Å². The number of fused-ring (bicyclic) bond motifs is 1. The summed E-state index contributed by atoms with van der Waals surface area (Å²) in [5.74, 6) is 0.941. The second-order valence-corrected chi connectivity index (χ2v) is 9.45. The van der Waals surface area contributed by atoms with E-state index in [-0.39, 0.29) is 18.2 Å². The van der Waals surface area contributed by atoms with Crippen LogP contribution in [0.2, 0.25) is 0 Å². The molecule has 3 aromatic rings. The smallest absolute Gasteiger partial charge is 0.241 e. The van der Waals surface area contributed by atoms with Crippen LogP contribution in [0.3, 0.4) is 0 Å². The Kier molecular flexibility index (Phi) is 6.62. The number of nitrogens with zero attached hydrogens (tertiary/aromatic N) is 5. The summed E-state index contributed by atoms with van der Waals surface area (Å²) in [6.07, 6.45) is 11.7. The lowest BCUT2D eigenvalue weighted by atomic mass is 9.85.